The third-order valence-corrected chi connectivity index (χ3v) is 7.97. The topological polar surface area (TPSA) is 86.3 Å². The number of amides is 1. The van der Waals surface area contributed by atoms with Crippen LogP contribution >= 0.6 is 11.6 Å². The summed E-state index contributed by atoms with van der Waals surface area (Å²) in [5, 5.41) is 7.58. The van der Waals surface area contributed by atoms with Crippen molar-refractivity contribution in [1.29, 1.82) is 0 Å². The largest absolute Gasteiger partial charge is 0.377 e. The molecule has 1 aliphatic rings. The van der Waals surface area contributed by atoms with Crippen molar-refractivity contribution in [3.05, 3.63) is 77.5 Å². The van der Waals surface area contributed by atoms with Crippen LogP contribution < -0.4 is 15.5 Å². The summed E-state index contributed by atoms with van der Waals surface area (Å²) in [5.74, 6) is 0.460. The molecule has 2 aromatic carbocycles. The molecule has 0 bridgehead atoms. The highest BCUT2D eigenvalue weighted by molar-refractivity contribution is 6.34. The lowest BCUT2D eigenvalue weighted by Gasteiger charge is -2.38. The van der Waals surface area contributed by atoms with Gasteiger partial charge in [0.15, 0.2) is 0 Å². The van der Waals surface area contributed by atoms with Crippen LogP contribution in [0.3, 0.4) is 0 Å². The van der Waals surface area contributed by atoms with E-state index in [1.807, 2.05) is 43.6 Å². The Bertz CT molecular complexity index is 1510. The maximum atomic E-state index is 14.4. The fraction of sp³-hybridized carbons (Fsp3) is 0.355. The zero-order valence-corrected chi connectivity index (χ0v) is 24.3. The maximum Gasteiger partial charge on any atom is 0.225 e. The molecule has 1 saturated heterocycles. The van der Waals surface area contributed by atoms with Crippen LogP contribution in [0, 0.1) is 5.82 Å². The Kier molecular flexibility index (Phi) is 8.95. The summed E-state index contributed by atoms with van der Waals surface area (Å²) < 4.78 is 14.4. The Hall–Kier alpha value is -3.82. The summed E-state index contributed by atoms with van der Waals surface area (Å²) in [6, 6.07) is 12.8. The van der Waals surface area contributed by atoms with Crippen LogP contribution in [-0.4, -0.2) is 64.5 Å². The molecule has 41 heavy (non-hydrogen) atoms. The number of aromatic nitrogens is 3. The van der Waals surface area contributed by atoms with Crippen molar-refractivity contribution in [2.45, 2.75) is 39.3 Å². The van der Waals surface area contributed by atoms with Crippen molar-refractivity contribution in [3.8, 4) is 11.1 Å². The highest BCUT2D eigenvalue weighted by Crippen LogP contribution is 2.35. The van der Waals surface area contributed by atoms with Gasteiger partial charge in [0, 0.05) is 80.8 Å². The molecule has 2 aromatic heterocycles. The van der Waals surface area contributed by atoms with Gasteiger partial charge in [0.2, 0.25) is 11.9 Å². The number of carbonyl (C=O) groups excluding carboxylic acids is 1. The van der Waals surface area contributed by atoms with Gasteiger partial charge >= 0.3 is 0 Å². The Morgan fingerprint density at radius 1 is 1.00 bits per heavy atom. The zero-order valence-electron chi connectivity index (χ0n) is 23.6. The van der Waals surface area contributed by atoms with E-state index in [0.717, 1.165) is 54.6 Å². The smallest absolute Gasteiger partial charge is 0.225 e. The molecule has 2 N–H and O–H groups in total. The van der Waals surface area contributed by atoms with Crippen molar-refractivity contribution < 1.29 is 9.18 Å². The van der Waals surface area contributed by atoms with Gasteiger partial charge in [-0.25, -0.2) is 14.4 Å². The quantitative estimate of drug-likeness (QED) is 0.265. The maximum absolute atomic E-state index is 14.4. The van der Waals surface area contributed by atoms with E-state index in [0.29, 0.717) is 34.8 Å². The molecule has 0 aliphatic carbocycles. The van der Waals surface area contributed by atoms with Gasteiger partial charge in [0.1, 0.15) is 5.82 Å². The molecule has 4 aromatic rings. The van der Waals surface area contributed by atoms with Crippen LogP contribution in [0.15, 0.2) is 61.1 Å². The molecule has 1 unspecified atom stereocenters. The van der Waals surface area contributed by atoms with Crippen LogP contribution in [0.1, 0.15) is 38.8 Å². The summed E-state index contributed by atoms with van der Waals surface area (Å²) in [6.45, 7) is 9.89. The molecule has 214 valence electrons. The van der Waals surface area contributed by atoms with Gasteiger partial charge in [-0.05, 0) is 44.0 Å². The van der Waals surface area contributed by atoms with E-state index in [1.54, 1.807) is 25.3 Å². The fourth-order valence-electron chi connectivity index (χ4n) is 5.25. The molecule has 1 amide bonds. The lowest BCUT2D eigenvalue weighted by Crippen LogP contribution is -2.50. The van der Waals surface area contributed by atoms with Crippen LogP contribution in [0.2, 0.25) is 5.02 Å². The molecule has 10 heteroatoms. The molecule has 3 heterocycles. The minimum atomic E-state index is -0.300. The second-order valence-electron chi connectivity index (χ2n) is 10.5. The number of rotatable bonds is 9. The van der Waals surface area contributed by atoms with Gasteiger partial charge in [-0.2, -0.15) is 0 Å². The summed E-state index contributed by atoms with van der Waals surface area (Å²) >= 11 is 6.58. The van der Waals surface area contributed by atoms with Crippen molar-refractivity contribution in [1.82, 2.24) is 25.2 Å². The molecule has 1 fully saturated rings. The number of hydrogen-bond donors (Lipinski definition) is 2. The molecule has 2 atom stereocenters. The summed E-state index contributed by atoms with van der Waals surface area (Å²) in [4.78, 5) is 29.6. The minimum absolute atomic E-state index is 0.0122. The number of carbonyl (C=O) groups is 1. The van der Waals surface area contributed by atoms with E-state index in [1.165, 1.54) is 6.07 Å². The van der Waals surface area contributed by atoms with E-state index in [9.17, 15) is 9.18 Å². The van der Waals surface area contributed by atoms with Crippen LogP contribution in [0.5, 0.6) is 0 Å². The molecule has 0 saturated carbocycles. The standard InChI is InChI=1S/C31H35ClFN7O/c1-20(10-11-34-22(3)41)39-12-14-40(15-13-39)31-36-17-24(18-37-31)23-8-9-29-26(16-23)30(27(32)19-35-29)38-21(2)25-6-4-5-7-28(25)33/h4-9,16-21H,10-15H2,1-3H3,(H,34,41)(H,35,38)/t20?,21-/m1/s1. The van der Waals surface area contributed by atoms with Crippen molar-refractivity contribution >= 4 is 40.0 Å². The highest BCUT2D eigenvalue weighted by atomic mass is 35.5. The number of hydrogen-bond acceptors (Lipinski definition) is 7. The summed E-state index contributed by atoms with van der Waals surface area (Å²) in [5.41, 5.74) is 3.87. The van der Waals surface area contributed by atoms with E-state index in [4.69, 9.17) is 11.6 Å². The minimum Gasteiger partial charge on any atom is -0.377 e. The Morgan fingerprint density at radius 3 is 2.44 bits per heavy atom. The van der Waals surface area contributed by atoms with Gasteiger partial charge in [-0.1, -0.05) is 35.9 Å². The third-order valence-electron chi connectivity index (χ3n) is 7.68. The SMILES string of the molecule is CC(=O)NCCC(C)N1CCN(c2ncc(-c3ccc4ncc(Cl)c(N[C@H](C)c5ccccc5F)c4c3)cn2)CC1. The first-order valence-electron chi connectivity index (χ1n) is 13.9. The Morgan fingerprint density at radius 2 is 1.73 bits per heavy atom. The van der Waals surface area contributed by atoms with Gasteiger partial charge in [0.25, 0.3) is 0 Å². The monoisotopic (exact) mass is 575 g/mol. The lowest BCUT2D eigenvalue weighted by atomic mass is 10.0. The summed E-state index contributed by atoms with van der Waals surface area (Å²) in [6.07, 6.45) is 6.23. The number of nitrogens with zero attached hydrogens (tertiary/aromatic N) is 5. The third kappa shape index (κ3) is 6.74. The molecule has 5 rings (SSSR count). The second kappa shape index (κ2) is 12.8. The molecule has 0 radical (unpaired) electrons. The first kappa shape index (κ1) is 28.7. The normalized spacial score (nSPS) is 15.5. The number of piperazine rings is 1. The van der Waals surface area contributed by atoms with Gasteiger partial charge < -0.3 is 15.5 Å². The van der Waals surface area contributed by atoms with E-state index in [-0.39, 0.29) is 17.8 Å². The van der Waals surface area contributed by atoms with E-state index >= 15 is 0 Å². The van der Waals surface area contributed by atoms with Gasteiger partial charge in [-0.3, -0.25) is 14.7 Å². The highest BCUT2D eigenvalue weighted by Gasteiger charge is 2.22. The Labute approximate surface area is 245 Å². The Balaban J connectivity index is 1.29. The van der Waals surface area contributed by atoms with E-state index in [2.05, 4.69) is 42.3 Å². The predicted molar refractivity (Wildman–Crippen MR) is 163 cm³/mol. The van der Waals surface area contributed by atoms with Crippen molar-refractivity contribution in [2.75, 3.05) is 42.9 Å². The second-order valence-corrected chi connectivity index (χ2v) is 10.9. The van der Waals surface area contributed by atoms with Crippen molar-refractivity contribution in [2.24, 2.45) is 0 Å². The number of benzene rings is 2. The number of pyridine rings is 1. The number of fused-ring (bicyclic) bond motifs is 1. The van der Waals surface area contributed by atoms with Crippen molar-refractivity contribution in [3.63, 3.8) is 0 Å². The molecule has 0 spiro atoms. The van der Waals surface area contributed by atoms with Gasteiger partial charge in [0.05, 0.1) is 22.3 Å². The predicted octanol–water partition coefficient (Wildman–Crippen LogP) is 5.69. The first-order valence-corrected chi connectivity index (χ1v) is 14.3. The van der Waals surface area contributed by atoms with E-state index < -0.39 is 0 Å². The first-order chi connectivity index (χ1) is 19.8. The average molecular weight is 576 g/mol. The zero-order chi connectivity index (χ0) is 28.9. The average Bonchev–Trinajstić information content (AvgIpc) is 2.98. The fourth-order valence-corrected chi connectivity index (χ4v) is 5.46. The van der Waals surface area contributed by atoms with Crippen LogP contribution in [0.4, 0.5) is 16.0 Å². The van der Waals surface area contributed by atoms with Gasteiger partial charge in [-0.15, -0.1) is 0 Å². The number of halogens is 2. The number of nitrogens with one attached hydrogen (secondary N) is 2. The van der Waals surface area contributed by atoms with Crippen LogP contribution in [0.25, 0.3) is 22.0 Å². The molecular weight excluding hydrogens is 541 g/mol. The molecule has 1 aliphatic heterocycles. The lowest BCUT2D eigenvalue weighted by molar-refractivity contribution is -0.119. The summed E-state index contributed by atoms with van der Waals surface area (Å²) in [7, 11) is 0. The molecule has 8 nitrogen and oxygen atoms in total. The number of anilines is 2. The molecular formula is C31H35ClFN7O. The van der Waals surface area contributed by atoms with Crippen LogP contribution in [-0.2, 0) is 4.79 Å².